The molecule has 0 bridgehead atoms. The SMILES string of the molecule is Cc1nc(N2CCCC2)nc(N2CC[C@@H](Oc3cccc4c3OCCO4)[C@H](O)C2)c1C. The zero-order valence-electron chi connectivity index (χ0n) is 18.2. The first-order valence-corrected chi connectivity index (χ1v) is 11.2. The Morgan fingerprint density at radius 2 is 1.84 bits per heavy atom. The number of aromatic nitrogens is 2. The van der Waals surface area contributed by atoms with Gasteiger partial charge in [-0.1, -0.05) is 6.07 Å². The summed E-state index contributed by atoms with van der Waals surface area (Å²) in [4.78, 5) is 14.0. The minimum atomic E-state index is -0.640. The average Bonchev–Trinajstić information content (AvgIpc) is 3.32. The lowest BCUT2D eigenvalue weighted by atomic mass is 10.0. The van der Waals surface area contributed by atoms with Gasteiger partial charge >= 0.3 is 0 Å². The lowest BCUT2D eigenvalue weighted by Gasteiger charge is -2.38. The quantitative estimate of drug-likeness (QED) is 0.799. The molecule has 2 atom stereocenters. The van der Waals surface area contributed by atoms with Crippen molar-refractivity contribution < 1.29 is 19.3 Å². The average molecular weight is 427 g/mol. The van der Waals surface area contributed by atoms with Crippen molar-refractivity contribution in [2.45, 2.75) is 45.3 Å². The number of piperidine rings is 1. The van der Waals surface area contributed by atoms with Crippen LogP contribution in [-0.4, -0.2) is 66.7 Å². The molecule has 2 aromatic rings. The number of ether oxygens (including phenoxy) is 3. The normalized spacial score (nSPS) is 23.2. The molecule has 2 saturated heterocycles. The molecule has 1 aromatic carbocycles. The van der Waals surface area contributed by atoms with Crippen molar-refractivity contribution >= 4 is 11.8 Å². The highest BCUT2D eigenvalue weighted by atomic mass is 16.6. The number of fused-ring (bicyclic) bond motifs is 1. The number of benzene rings is 1. The van der Waals surface area contributed by atoms with Crippen LogP contribution >= 0.6 is 0 Å². The Morgan fingerprint density at radius 1 is 1.03 bits per heavy atom. The van der Waals surface area contributed by atoms with E-state index in [1.165, 1.54) is 12.8 Å². The molecule has 4 heterocycles. The molecule has 3 aliphatic heterocycles. The summed E-state index contributed by atoms with van der Waals surface area (Å²) in [6, 6.07) is 5.63. The van der Waals surface area contributed by atoms with Crippen LogP contribution in [0.5, 0.6) is 17.2 Å². The number of para-hydroxylation sites is 1. The lowest BCUT2D eigenvalue weighted by molar-refractivity contribution is 0.0209. The van der Waals surface area contributed by atoms with Crippen LogP contribution in [0.15, 0.2) is 18.2 Å². The summed E-state index contributed by atoms with van der Waals surface area (Å²) in [5.74, 6) is 3.66. The van der Waals surface area contributed by atoms with Crippen molar-refractivity contribution in [3.63, 3.8) is 0 Å². The maximum Gasteiger partial charge on any atom is 0.227 e. The van der Waals surface area contributed by atoms with Gasteiger partial charge < -0.3 is 29.1 Å². The number of aryl methyl sites for hydroxylation is 1. The van der Waals surface area contributed by atoms with E-state index in [4.69, 9.17) is 24.2 Å². The van der Waals surface area contributed by atoms with E-state index in [0.717, 1.165) is 42.7 Å². The summed E-state index contributed by atoms with van der Waals surface area (Å²) in [6.45, 7) is 8.36. The van der Waals surface area contributed by atoms with Crippen LogP contribution in [0.25, 0.3) is 0 Å². The molecular weight excluding hydrogens is 396 g/mol. The Labute approximate surface area is 182 Å². The summed E-state index contributed by atoms with van der Waals surface area (Å²) in [5.41, 5.74) is 2.06. The Hall–Kier alpha value is -2.74. The predicted molar refractivity (Wildman–Crippen MR) is 118 cm³/mol. The first-order valence-electron chi connectivity index (χ1n) is 11.2. The van der Waals surface area contributed by atoms with Gasteiger partial charge in [-0.25, -0.2) is 4.98 Å². The van der Waals surface area contributed by atoms with E-state index in [1.54, 1.807) is 0 Å². The van der Waals surface area contributed by atoms with Gasteiger partial charge in [0, 0.05) is 43.9 Å². The highest BCUT2D eigenvalue weighted by Crippen LogP contribution is 2.40. The van der Waals surface area contributed by atoms with Crippen LogP contribution < -0.4 is 24.0 Å². The van der Waals surface area contributed by atoms with E-state index in [9.17, 15) is 5.11 Å². The number of aliphatic hydroxyl groups excluding tert-OH is 1. The van der Waals surface area contributed by atoms with Gasteiger partial charge in [0.15, 0.2) is 11.5 Å². The van der Waals surface area contributed by atoms with Crippen LogP contribution in [-0.2, 0) is 0 Å². The van der Waals surface area contributed by atoms with Crippen LogP contribution in [0.2, 0.25) is 0 Å². The second kappa shape index (κ2) is 8.42. The molecule has 1 N–H and O–H groups in total. The summed E-state index contributed by atoms with van der Waals surface area (Å²) < 4.78 is 17.6. The number of anilines is 2. The van der Waals surface area contributed by atoms with Gasteiger partial charge in [-0.3, -0.25) is 0 Å². The fourth-order valence-corrected chi connectivity index (χ4v) is 4.51. The number of rotatable bonds is 4. The molecule has 0 spiro atoms. The lowest BCUT2D eigenvalue weighted by Crippen LogP contribution is -2.49. The number of hydrogen-bond acceptors (Lipinski definition) is 8. The Bertz CT molecular complexity index is 947. The minimum Gasteiger partial charge on any atom is -0.486 e. The smallest absolute Gasteiger partial charge is 0.227 e. The van der Waals surface area contributed by atoms with Gasteiger partial charge in [0.05, 0.1) is 0 Å². The van der Waals surface area contributed by atoms with Crippen LogP contribution in [0, 0.1) is 13.8 Å². The number of hydrogen-bond donors (Lipinski definition) is 1. The fraction of sp³-hybridized carbons (Fsp3) is 0.565. The van der Waals surface area contributed by atoms with E-state index in [1.807, 2.05) is 25.1 Å². The van der Waals surface area contributed by atoms with Gasteiger partial charge in [0.1, 0.15) is 31.2 Å². The third kappa shape index (κ3) is 3.96. The van der Waals surface area contributed by atoms with Gasteiger partial charge in [-0.15, -0.1) is 0 Å². The highest BCUT2D eigenvalue weighted by Gasteiger charge is 2.33. The van der Waals surface area contributed by atoms with E-state index in [2.05, 4.69) is 16.7 Å². The van der Waals surface area contributed by atoms with Crippen molar-refractivity contribution in [2.75, 3.05) is 49.2 Å². The van der Waals surface area contributed by atoms with E-state index in [-0.39, 0.29) is 6.10 Å². The second-order valence-corrected chi connectivity index (χ2v) is 8.49. The second-order valence-electron chi connectivity index (χ2n) is 8.49. The van der Waals surface area contributed by atoms with Crippen molar-refractivity contribution in [3.05, 3.63) is 29.5 Å². The van der Waals surface area contributed by atoms with Crippen molar-refractivity contribution in [3.8, 4) is 17.2 Å². The third-order valence-electron chi connectivity index (χ3n) is 6.37. The molecule has 166 valence electrons. The minimum absolute atomic E-state index is 0.311. The Kier molecular flexibility index (Phi) is 5.48. The van der Waals surface area contributed by atoms with Crippen molar-refractivity contribution in [2.24, 2.45) is 0 Å². The number of aliphatic hydroxyl groups is 1. The molecule has 8 heteroatoms. The van der Waals surface area contributed by atoms with Gasteiger partial charge in [0.25, 0.3) is 0 Å². The molecule has 3 aliphatic rings. The van der Waals surface area contributed by atoms with Crippen LogP contribution in [0.3, 0.4) is 0 Å². The molecule has 8 nitrogen and oxygen atoms in total. The molecular formula is C23H30N4O4. The Morgan fingerprint density at radius 3 is 2.65 bits per heavy atom. The van der Waals surface area contributed by atoms with Crippen LogP contribution in [0.4, 0.5) is 11.8 Å². The molecule has 31 heavy (non-hydrogen) atoms. The van der Waals surface area contributed by atoms with Gasteiger partial charge in [0.2, 0.25) is 11.7 Å². The molecule has 0 radical (unpaired) electrons. The number of β-amino-alcohol motifs (C(OH)–C–C–N with tert-alkyl or cyclic N) is 1. The van der Waals surface area contributed by atoms with Crippen LogP contribution in [0.1, 0.15) is 30.5 Å². The molecule has 0 amide bonds. The zero-order chi connectivity index (χ0) is 21.4. The summed E-state index contributed by atoms with van der Waals surface area (Å²) in [5, 5.41) is 10.9. The van der Waals surface area contributed by atoms with Gasteiger partial charge in [-0.2, -0.15) is 4.98 Å². The highest BCUT2D eigenvalue weighted by molar-refractivity contribution is 5.54. The fourth-order valence-electron chi connectivity index (χ4n) is 4.51. The van der Waals surface area contributed by atoms with E-state index < -0.39 is 6.10 Å². The molecule has 2 fully saturated rings. The van der Waals surface area contributed by atoms with Crippen molar-refractivity contribution in [1.29, 1.82) is 0 Å². The first-order chi connectivity index (χ1) is 15.1. The monoisotopic (exact) mass is 426 g/mol. The molecule has 0 saturated carbocycles. The standard InChI is InChI=1S/C23H30N4O4/c1-15-16(2)24-23(26-9-3-4-10-26)25-22(15)27-11-8-18(17(28)14-27)31-20-7-5-6-19-21(20)30-13-12-29-19/h5-7,17-18,28H,3-4,8-14H2,1-2H3/t17-,18-/m1/s1. The number of nitrogens with zero attached hydrogens (tertiary/aromatic N) is 4. The molecule has 1 aromatic heterocycles. The largest absolute Gasteiger partial charge is 0.486 e. The summed E-state index contributed by atoms with van der Waals surface area (Å²) in [6.07, 6.45) is 2.11. The predicted octanol–water partition coefficient (Wildman–Crippen LogP) is 2.48. The van der Waals surface area contributed by atoms with E-state index in [0.29, 0.717) is 43.4 Å². The Balaban J connectivity index is 1.31. The topological polar surface area (TPSA) is 80.2 Å². The van der Waals surface area contributed by atoms with E-state index >= 15 is 0 Å². The molecule has 0 aliphatic carbocycles. The van der Waals surface area contributed by atoms with Gasteiger partial charge in [-0.05, 0) is 38.8 Å². The molecule has 5 rings (SSSR count). The molecule has 0 unspecified atom stereocenters. The zero-order valence-corrected chi connectivity index (χ0v) is 18.2. The maximum absolute atomic E-state index is 10.9. The third-order valence-corrected chi connectivity index (χ3v) is 6.37. The summed E-state index contributed by atoms with van der Waals surface area (Å²) >= 11 is 0. The maximum atomic E-state index is 10.9. The van der Waals surface area contributed by atoms with Crippen molar-refractivity contribution in [1.82, 2.24) is 9.97 Å². The summed E-state index contributed by atoms with van der Waals surface area (Å²) in [7, 11) is 0. The first kappa shape index (κ1) is 20.2.